The topological polar surface area (TPSA) is 63.7 Å². The number of nitrogens with zero attached hydrogens (tertiary/aromatic N) is 2. The molecule has 1 unspecified atom stereocenters. The van der Waals surface area contributed by atoms with Gasteiger partial charge in [0.15, 0.2) is 11.5 Å². The van der Waals surface area contributed by atoms with Crippen LogP contribution >= 0.6 is 0 Å². The molecule has 5 rings (SSSR count). The van der Waals surface area contributed by atoms with E-state index in [4.69, 9.17) is 0 Å². The molecule has 0 bridgehead atoms. The van der Waals surface area contributed by atoms with Gasteiger partial charge in [-0.15, -0.1) is 8.78 Å². The third-order valence-corrected chi connectivity index (χ3v) is 6.10. The molecule has 2 aliphatic heterocycles. The lowest BCUT2D eigenvalue weighted by Gasteiger charge is -2.25. The highest BCUT2D eigenvalue weighted by Gasteiger charge is 2.54. The number of pyridine rings is 1. The number of ether oxygens (including phenoxy) is 2. The molecule has 2 fully saturated rings. The number of carbonyl (C=O) groups excluding carboxylic acids is 1. The zero-order valence-electron chi connectivity index (χ0n) is 16.6. The summed E-state index contributed by atoms with van der Waals surface area (Å²) in [5, 5.41) is 2.98. The van der Waals surface area contributed by atoms with E-state index in [-0.39, 0.29) is 40.9 Å². The predicted molar refractivity (Wildman–Crippen MR) is 101 cm³/mol. The lowest BCUT2D eigenvalue weighted by Crippen LogP contribution is -2.40. The van der Waals surface area contributed by atoms with Crippen molar-refractivity contribution in [3.05, 3.63) is 47.7 Å². The first-order valence-electron chi connectivity index (χ1n) is 10.0. The maximum atomic E-state index is 13.5. The third-order valence-electron chi connectivity index (χ3n) is 6.10. The highest BCUT2D eigenvalue weighted by molar-refractivity contribution is 5.98. The maximum absolute atomic E-state index is 13.5. The Kier molecular flexibility index (Phi) is 4.51. The molecule has 1 saturated heterocycles. The highest BCUT2D eigenvalue weighted by atomic mass is 19.4. The third kappa shape index (κ3) is 3.80. The molecule has 170 valence electrons. The van der Waals surface area contributed by atoms with Gasteiger partial charge in [0.05, 0.1) is 11.1 Å². The van der Waals surface area contributed by atoms with E-state index in [9.17, 15) is 26.7 Å². The van der Waals surface area contributed by atoms with Crippen molar-refractivity contribution in [2.24, 2.45) is 5.41 Å². The van der Waals surface area contributed by atoms with E-state index in [2.05, 4.69) is 19.8 Å². The number of carbonyl (C=O) groups is 1. The Hall–Kier alpha value is -3.11. The van der Waals surface area contributed by atoms with Crippen LogP contribution in [-0.2, 0) is 6.18 Å². The van der Waals surface area contributed by atoms with Crippen molar-refractivity contribution in [2.75, 3.05) is 18.4 Å². The summed E-state index contributed by atoms with van der Waals surface area (Å²) in [4.78, 5) is 18.7. The van der Waals surface area contributed by atoms with Gasteiger partial charge in [0.25, 0.3) is 5.91 Å². The number of likely N-dealkylation sites (tertiary alicyclic amines) is 1. The first kappa shape index (κ1) is 20.8. The standard InChI is InChI=1S/C21H18F5N3O3/c22-20(23,24)12-4-5-16(27-9-12)28-10-13-8-19(6-7-19)11-29(13)18(30)14-2-1-3-15-17(14)32-21(25,26)31-15/h1-5,9,13H,6-8,10-11H2,(H,27,28). The average molecular weight is 455 g/mol. The number of amides is 1. The van der Waals surface area contributed by atoms with Crippen molar-refractivity contribution in [2.45, 2.75) is 37.8 Å². The molecule has 0 radical (unpaired) electrons. The van der Waals surface area contributed by atoms with Crippen molar-refractivity contribution < 1.29 is 36.2 Å². The summed E-state index contributed by atoms with van der Waals surface area (Å²) in [6.07, 6.45) is -4.96. The fraction of sp³-hybridized carbons (Fsp3) is 0.429. The summed E-state index contributed by atoms with van der Waals surface area (Å²) in [5.41, 5.74) is -0.876. The SMILES string of the molecule is O=C(c1cccc2c1OC(F)(F)O2)N1CC2(CC2)CC1CNc1ccc(C(F)(F)F)cn1. The van der Waals surface area contributed by atoms with Gasteiger partial charge in [0.1, 0.15) is 5.82 Å². The molecule has 3 heterocycles. The Labute approximate surface area is 179 Å². The number of benzene rings is 1. The Morgan fingerprint density at radius 3 is 2.62 bits per heavy atom. The number of aromatic nitrogens is 1. The van der Waals surface area contributed by atoms with Crippen LogP contribution in [0.1, 0.15) is 35.2 Å². The van der Waals surface area contributed by atoms with Gasteiger partial charge in [-0.05, 0) is 48.9 Å². The molecule has 1 amide bonds. The minimum atomic E-state index is -4.48. The number of alkyl halides is 5. The average Bonchev–Trinajstić information content (AvgIpc) is 3.25. The minimum Gasteiger partial charge on any atom is -0.395 e. The number of hydrogen-bond donors (Lipinski definition) is 1. The van der Waals surface area contributed by atoms with Gasteiger partial charge in [0, 0.05) is 25.3 Å². The van der Waals surface area contributed by atoms with Crippen LogP contribution in [0, 0.1) is 5.41 Å². The lowest BCUT2D eigenvalue weighted by molar-refractivity contribution is -0.286. The van der Waals surface area contributed by atoms with E-state index in [1.54, 1.807) is 4.90 Å². The van der Waals surface area contributed by atoms with Crippen LogP contribution in [0.3, 0.4) is 0 Å². The number of anilines is 1. The van der Waals surface area contributed by atoms with E-state index < -0.39 is 23.9 Å². The molecule has 1 spiro atoms. The van der Waals surface area contributed by atoms with Crippen molar-refractivity contribution in [3.63, 3.8) is 0 Å². The van der Waals surface area contributed by atoms with E-state index >= 15 is 0 Å². The Balaban J connectivity index is 1.33. The van der Waals surface area contributed by atoms with Crippen molar-refractivity contribution in [1.82, 2.24) is 9.88 Å². The number of fused-ring (bicyclic) bond motifs is 1. The molecule has 6 nitrogen and oxygen atoms in total. The smallest absolute Gasteiger partial charge is 0.395 e. The number of rotatable bonds is 4. The number of hydrogen-bond acceptors (Lipinski definition) is 5. The Morgan fingerprint density at radius 1 is 1.19 bits per heavy atom. The Morgan fingerprint density at radius 2 is 1.97 bits per heavy atom. The van der Waals surface area contributed by atoms with Crippen LogP contribution in [0.15, 0.2) is 36.5 Å². The maximum Gasteiger partial charge on any atom is 0.586 e. The van der Waals surface area contributed by atoms with Crippen molar-refractivity contribution in [1.29, 1.82) is 0 Å². The van der Waals surface area contributed by atoms with Gasteiger partial charge in [-0.1, -0.05) is 6.07 Å². The van der Waals surface area contributed by atoms with E-state index in [0.29, 0.717) is 13.0 Å². The van der Waals surface area contributed by atoms with Gasteiger partial charge < -0.3 is 19.7 Å². The minimum absolute atomic E-state index is 0.00513. The number of para-hydroxylation sites is 1. The predicted octanol–water partition coefficient (Wildman–Crippen LogP) is 4.53. The van der Waals surface area contributed by atoms with Gasteiger partial charge in [-0.25, -0.2) is 4.98 Å². The monoisotopic (exact) mass is 455 g/mol. The molecule has 1 N–H and O–H groups in total. The van der Waals surface area contributed by atoms with Gasteiger partial charge in [0.2, 0.25) is 0 Å². The first-order valence-corrected chi connectivity index (χ1v) is 10.0. The van der Waals surface area contributed by atoms with E-state index in [0.717, 1.165) is 25.1 Å². The normalized spacial score (nSPS) is 22.3. The summed E-state index contributed by atoms with van der Waals surface area (Å²) in [7, 11) is 0. The van der Waals surface area contributed by atoms with Crippen LogP contribution in [0.25, 0.3) is 0 Å². The van der Waals surface area contributed by atoms with Crippen LogP contribution in [0.5, 0.6) is 11.5 Å². The van der Waals surface area contributed by atoms with Crippen molar-refractivity contribution >= 4 is 11.7 Å². The quantitative estimate of drug-likeness (QED) is 0.687. The molecule has 1 aromatic carbocycles. The molecule has 1 saturated carbocycles. The second-order valence-corrected chi connectivity index (χ2v) is 8.40. The van der Waals surface area contributed by atoms with Gasteiger partial charge in [-0.2, -0.15) is 13.2 Å². The van der Waals surface area contributed by atoms with Gasteiger partial charge in [-0.3, -0.25) is 4.79 Å². The van der Waals surface area contributed by atoms with Crippen LogP contribution in [0.2, 0.25) is 0 Å². The summed E-state index contributed by atoms with van der Waals surface area (Å²) in [6.45, 7) is 0.730. The van der Waals surface area contributed by atoms with Gasteiger partial charge >= 0.3 is 12.5 Å². The molecule has 1 aromatic heterocycles. The molecular weight excluding hydrogens is 437 g/mol. The fourth-order valence-electron chi connectivity index (χ4n) is 4.30. The van der Waals surface area contributed by atoms with Crippen LogP contribution < -0.4 is 14.8 Å². The first-order chi connectivity index (χ1) is 15.1. The Bertz CT molecular complexity index is 1050. The summed E-state index contributed by atoms with van der Waals surface area (Å²) in [5.74, 6) is -0.710. The van der Waals surface area contributed by atoms with Crippen LogP contribution in [-0.4, -0.2) is 41.2 Å². The van der Waals surface area contributed by atoms with E-state index in [1.807, 2.05) is 0 Å². The number of nitrogens with one attached hydrogen (secondary N) is 1. The molecule has 32 heavy (non-hydrogen) atoms. The highest BCUT2D eigenvalue weighted by Crippen LogP contribution is 2.55. The molecule has 3 aliphatic rings. The lowest BCUT2D eigenvalue weighted by atomic mass is 10.0. The molecule has 2 aromatic rings. The van der Waals surface area contributed by atoms with Crippen LogP contribution in [0.4, 0.5) is 27.8 Å². The summed E-state index contributed by atoms with van der Waals surface area (Å²) < 4.78 is 74.2. The fourth-order valence-corrected chi connectivity index (χ4v) is 4.30. The second-order valence-electron chi connectivity index (χ2n) is 8.40. The zero-order chi connectivity index (χ0) is 22.7. The molecular formula is C21H18F5N3O3. The van der Waals surface area contributed by atoms with E-state index in [1.165, 1.54) is 24.3 Å². The molecule has 1 atom stereocenters. The summed E-state index contributed by atoms with van der Waals surface area (Å²) in [6, 6.07) is 6.03. The molecule has 11 heteroatoms. The second kappa shape index (κ2) is 6.94. The van der Waals surface area contributed by atoms with Crippen molar-refractivity contribution in [3.8, 4) is 11.5 Å². The molecule has 1 aliphatic carbocycles. The largest absolute Gasteiger partial charge is 0.586 e. The summed E-state index contributed by atoms with van der Waals surface area (Å²) >= 11 is 0. The zero-order valence-corrected chi connectivity index (χ0v) is 16.6. The number of halogens is 5.